The van der Waals surface area contributed by atoms with Gasteiger partial charge in [0.2, 0.25) is 0 Å². The molecule has 0 aromatic heterocycles. The molecule has 0 aliphatic rings. The molecule has 0 fully saturated rings. The number of allylic oxidation sites excluding steroid dienone is 14. The second-order valence-electron chi connectivity index (χ2n) is 22.7. The summed E-state index contributed by atoms with van der Waals surface area (Å²) < 4.78 is 16.9. The molecular weight excluding hydrogens is 973 g/mol. The highest BCUT2D eigenvalue weighted by atomic mass is 16.6. The third-order valence-electron chi connectivity index (χ3n) is 14.9. The molecule has 456 valence electrons. The molecule has 0 saturated carbocycles. The summed E-state index contributed by atoms with van der Waals surface area (Å²) in [6.07, 6.45) is 89.2. The Hall–Kier alpha value is -3.41. The lowest BCUT2D eigenvalue weighted by molar-refractivity contribution is -0.167. The lowest BCUT2D eigenvalue weighted by atomic mass is 10.0. The zero-order valence-corrected chi connectivity index (χ0v) is 52.4. The number of carbonyl (C=O) groups is 3. The third kappa shape index (κ3) is 65.3. The van der Waals surface area contributed by atoms with E-state index in [0.29, 0.717) is 19.3 Å². The molecule has 0 aromatic carbocycles. The van der Waals surface area contributed by atoms with Crippen molar-refractivity contribution in [1.82, 2.24) is 0 Å². The highest BCUT2D eigenvalue weighted by molar-refractivity contribution is 5.71. The lowest BCUT2D eigenvalue weighted by Crippen LogP contribution is -2.30. The van der Waals surface area contributed by atoms with E-state index < -0.39 is 6.10 Å². The number of unbranched alkanes of at least 4 members (excludes halogenated alkanes) is 37. The molecule has 0 aliphatic heterocycles. The predicted octanol–water partition coefficient (Wildman–Crippen LogP) is 23.4. The Morgan fingerprint density at radius 1 is 0.266 bits per heavy atom. The van der Waals surface area contributed by atoms with Gasteiger partial charge in [-0.3, -0.25) is 14.4 Å². The molecule has 0 N–H and O–H groups in total. The average molecular weight is 1100 g/mol. The van der Waals surface area contributed by atoms with E-state index in [2.05, 4.69) is 106 Å². The van der Waals surface area contributed by atoms with Crippen LogP contribution in [-0.4, -0.2) is 37.2 Å². The van der Waals surface area contributed by atoms with Crippen LogP contribution in [0, 0.1) is 0 Å². The largest absolute Gasteiger partial charge is 0.462 e. The standard InChI is InChI=1S/C73H128O6/c1-4-7-10-13-16-19-22-25-28-30-31-32-33-34-35-36-37-38-39-40-41-42-44-45-48-51-54-57-60-63-66-72(75)78-69-70(68-77-71(74)65-62-59-56-53-50-47-27-24-21-18-15-12-9-6-3)79-73(76)67-64-61-58-55-52-49-46-43-29-26-23-20-17-14-11-8-5-2/h8,11,15,17-18,20,24,26-27,29,46,49,55,58,70H,4-7,9-10,12-14,16,19,21-23,25,28,30-45,47-48,50-54,56-57,59-69H2,1-3H3/b11-8-,18-15-,20-17-,27-24-,29-26-,49-46-,58-55-. The maximum absolute atomic E-state index is 12.9. The van der Waals surface area contributed by atoms with E-state index in [0.717, 1.165) is 103 Å². The van der Waals surface area contributed by atoms with Crippen LogP contribution in [0.3, 0.4) is 0 Å². The molecule has 0 spiro atoms. The summed E-state index contributed by atoms with van der Waals surface area (Å²) in [4.78, 5) is 38.3. The predicted molar refractivity (Wildman–Crippen MR) is 344 cm³/mol. The zero-order chi connectivity index (χ0) is 57.1. The third-order valence-corrected chi connectivity index (χ3v) is 14.9. The number of ether oxygens (including phenoxy) is 3. The molecule has 0 amide bonds. The summed E-state index contributed by atoms with van der Waals surface area (Å²) >= 11 is 0. The lowest BCUT2D eigenvalue weighted by Gasteiger charge is -2.18. The minimum Gasteiger partial charge on any atom is -0.462 e. The fourth-order valence-corrected chi connectivity index (χ4v) is 9.79. The minimum atomic E-state index is -0.813. The Balaban J connectivity index is 4.24. The van der Waals surface area contributed by atoms with Crippen molar-refractivity contribution in [3.8, 4) is 0 Å². The number of rotatable bonds is 62. The van der Waals surface area contributed by atoms with Gasteiger partial charge in [0.25, 0.3) is 0 Å². The van der Waals surface area contributed by atoms with Crippen molar-refractivity contribution in [3.63, 3.8) is 0 Å². The van der Waals surface area contributed by atoms with Crippen LogP contribution in [-0.2, 0) is 28.6 Å². The van der Waals surface area contributed by atoms with Crippen LogP contribution in [0.25, 0.3) is 0 Å². The van der Waals surface area contributed by atoms with E-state index in [4.69, 9.17) is 14.2 Å². The van der Waals surface area contributed by atoms with Gasteiger partial charge in [-0.2, -0.15) is 0 Å². The fraction of sp³-hybridized carbons (Fsp3) is 0.767. The Bertz CT molecular complexity index is 1500. The molecule has 0 rings (SSSR count). The normalized spacial score (nSPS) is 12.6. The van der Waals surface area contributed by atoms with Crippen LogP contribution in [0.4, 0.5) is 0 Å². The first-order chi connectivity index (χ1) is 39.0. The summed E-state index contributed by atoms with van der Waals surface area (Å²) in [5.41, 5.74) is 0. The molecule has 0 radical (unpaired) electrons. The van der Waals surface area contributed by atoms with Gasteiger partial charge in [-0.25, -0.2) is 0 Å². The van der Waals surface area contributed by atoms with Gasteiger partial charge in [0, 0.05) is 19.3 Å². The average Bonchev–Trinajstić information content (AvgIpc) is 3.45. The Morgan fingerprint density at radius 3 is 0.848 bits per heavy atom. The van der Waals surface area contributed by atoms with Crippen molar-refractivity contribution in [1.29, 1.82) is 0 Å². The second-order valence-corrected chi connectivity index (χ2v) is 22.7. The summed E-state index contributed by atoms with van der Waals surface area (Å²) in [6.45, 7) is 6.47. The molecule has 1 unspecified atom stereocenters. The highest BCUT2D eigenvalue weighted by Gasteiger charge is 2.19. The molecule has 6 nitrogen and oxygen atoms in total. The minimum absolute atomic E-state index is 0.101. The van der Waals surface area contributed by atoms with E-state index in [1.165, 1.54) is 193 Å². The zero-order valence-electron chi connectivity index (χ0n) is 52.4. The highest BCUT2D eigenvalue weighted by Crippen LogP contribution is 2.18. The van der Waals surface area contributed by atoms with Gasteiger partial charge in [0.05, 0.1) is 0 Å². The van der Waals surface area contributed by atoms with Crippen molar-refractivity contribution in [2.24, 2.45) is 0 Å². The summed E-state index contributed by atoms with van der Waals surface area (Å²) in [5.74, 6) is -0.962. The van der Waals surface area contributed by atoms with E-state index in [1.807, 2.05) is 0 Å². The molecule has 0 aliphatic carbocycles. The van der Waals surface area contributed by atoms with Gasteiger partial charge in [-0.1, -0.05) is 324 Å². The van der Waals surface area contributed by atoms with Gasteiger partial charge in [0.1, 0.15) is 13.2 Å². The summed E-state index contributed by atoms with van der Waals surface area (Å²) in [6, 6.07) is 0. The van der Waals surface area contributed by atoms with Crippen LogP contribution in [0.2, 0.25) is 0 Å². The molecule has 0 heterocycles. The monoisotopic (exact) mass is 1100 g/mol. The van der Waals surface area contributed by atoms with Crippen LogP contribution >= 0.6 is 0 Å². The van der Waals surface area contributed by atoms with Crippen molar-refractivity contribution < 1.29 is 28.6 Å². The number of hydrogen-bond acceptors (Lipinski definition) is 6. The van der Waals surface area contributed by atoms with Crippen molar-refractivity contribution in [2.75, 3.05) is 13.2 Å². The SMILES string of the molecule is CC/C=C\C/C=C\C/C=C\C/C=C\C/C=C\CCCC(=O)OC(COC(=O)CCCCCCC/C=C\C/C=C\CCCC)COC(=O)CCCCCCCCCCCCCCCCCCCCCCCCCCCCCCCC. The van der Waals surface area contributed by atoms with E-state index in [9.17, 15) is 14.4 Å². The number of esters is 3. The number of hydrogen-bond donors (Lipinski definition) is 0. The Morgan fingerprint density at radius 2 is 0.519 bits per heavy atom. The van der Waals surface area contributed by atoms with Crippen LogP contribution < -0.4 is 0 Å². The molecule has 79 heavy (non-hydrogen) atoms. The van der Waals surface area contributed by atoms with E-state index >= 15 is 0 Å². The van der Waals surface area contributed by atoms with Gasteiger partial charge >= 0.3 is 17.9 Å². The maximum Gasteiger partial charge on any atom is 0.306 e. The first-order valence-corrected chi connectivity index (χ1v) is 34.1. The smallest absolute Gasteiger partial charge is 0.306 e. The molecule has 6 heteroatoms. The Kier molecular flexibility index (Phi) is 64.2. The Labute approximate surface area is 490 Å². The van der Waals surface area contributed by atoms with Crippen LogP contribution in [0.5, 0.6) is 0 Å². The van der Waals surface area contributed by atoms with Crippen molar-refractivity contribution >= 4 is 17.9 Å². The first kappa shape index (κ1) is 75.6. The van der Waals surface area contributed by atoms with Gasteiger partial charge in [0.15, 0.2) is 6.10 Å². The summed E-state index contributed by atoms with van der Waals surface area (Å²) in [7, 11) is 0. The second kappa shape index (κ2) is 67.1. The van der Waals surface area contributed by atoms with Gasteiger partial charge < -0.3 is 14.2 Å². The van der Waals surface area contributed by atoms with E-state index in [1.54, 1.807) is 0 Å². The maximum atomic E-state index is 12.9. The molecule has 0 aromatic rings. The van der Waals surface area contributed by atoms with Crippen LogP contribution in [0.15, 0.2) is 85.1 Å². The fourth-order valence-electron chi connectivity index (χ4n) is 9.79. The molecular formula is C73H128O6. The molecule has 1 atom stereocenters. The van der Waals surface area contributed by atoms with Gasteiger partial charge in [-0.05, 0) is 83.5 Å². The van der Waals surface area contributed by atoms with Gasteiger partial charge in [-0.15, -0.1) is 0 Å². The topological polar surface area (TPSA) is 78.9 Å². The quantitative estimate of drug-likeness (QED) is 0.0261. The number of carbonyl (C=O) groups excluding carboxylic acids is 3. The van der Waals surface area contributed by atoms with E-state index in [-0.39, 0.29) is 37.5 Å². The molecule has 0 saturated heterocycles. The summed E-state index contributed by atoms with van der Waals surface area (Å²) in [5, 5.41) is 0. The van der Waals surface area contributed by atoms with Crippen molar-refractivity contribution in [3.05, 3.63) is 85.1 Å². The molecule has 0 bridgehead atoms. The first-order valence-electron chi connectivity index (χ1n) is 34.1. The van der Waals surface area contributed by atoms with Crippen molar-refractivity contribution in [2.45, 2.75) is 348 Å². The van der Waals surface area contributed by atoms with Crippen LogP contribution in [0.1, 0.15) is 342 Å².